The summed E-state index contributed by atoms with van der Waals surface area (Å²) in [6, 6.07) is 3.89. The maximum atomic E-state index is 12.1. The Bertz CT molecular complexity index is 720. The lowest BCUT2D eigenvalue weighted by Gasteiger charge is -2.19. The predicted octanol–water partition coefficient (Wildman–Crippen LogP) is 1.52. The highest BCUT2D eigenvalue weighted by Crippen LogP contribution is 2.36. The molecule has 120 valence electrons. The number of ether oxygens (including phenoxy) is 1. The molecule has 0 N–H and O–H groups in total. The van der Waals surface area contributed by atoms with Crippen LogP contribution in [0.5, 0.6) is 5.75 Å². The smallest absolute Gasteiger partial charge is 0.273 e. The highest BCUT2D eigenvalue weighted by atomic mass is 35.7. The van der Waals surface area contributed by atoms with E-state index in [0.29, 0.717) is 5.69 Å². The van der Waals surface area contributed by atoms with Crippen molar-refractivity contribution >= 4 is 37.0 Å². The first-order valence-electron chi connectivity index (χ1n) is 6.26. The van der Waals surface area contributed by atoms with Gasteiger partial charge < -0.3 is 9.64 Å². The summed E-state index contributed by atoms with van der Waals surface area (Å²) < 4.78 is 27.3. The van der Waals surface area contributed by atoms with Gasteiger partial charge in [-0.3, -0.25) is 14.9 Å². The van der Waals surface area contributed by atoms with Gasteiger partial charge in [0.05, 0.1) is 29.5 Å². The van der Waals surface area contributed by atoms with E-state index in [0.717, 1.165) is 0 Å². The van der Waals surface area contributed by atoms with Crippen molar-refractivity contribution in [3.8, 4) is 5.75 Å². The number of hydrogen-bond donors (Lipinski definition) is 0. The molecule has 0 aromatic heterocycles. The Balaban J connectivity index is 2.28. The number of carbonyl (C=O) groups is 1. The highest BCUT2D eigenvalue weighted by molar-refractivity contribution is 8.13. The Morgan fingerprint density at radius 1 is 1.50 bits per heavy atom. The molecule has 10 heteroatoms. The van der Waals surface area contributed by atoms with Crippen LogP contribution in [0, 0.1) is 16.0 Å². The van der Waals surface area contributed by atoms with Crippen LogP contribution in [0.2, 0.25) is 0 Å². The molecule has 0 bridgehead atoms. The Hall–Kier alpha value is -1.87. The van der Waals surface area contributed by atoms with E-state index in [9.17, 15) is 23.3 Å². The van der Waals surface area contributed by atoms with Crippen LogP contribution in [0.25, 0.3) is 0 Å². The number of nitro groups is 1. The maximum Gasteiger partial charge on any atom is 0.273 e. The molecule has 0 radical (unpaired) electrons. The molecule has 1 heterocycles. The minimum Gasteiger partial charge on any atom is -0.494 e. The van der Waals surface area contributed by atoms with Crippen molar-refractivity contribution in [3.05, 3.63) is 28.3 Å². The van der Waals surface area contributed by atoms with Crippen LogP contribution in [0.4, 0.5) is 11.4 Å². The van der Waals surface area contributed by atoms with Crippen LogP contribution in [0.1, 0.15) is 6.42 Å². The largest absolute Gasteiger partial charge is 0.494 e. The number of carbonyl (C=O) groups excluding carboxylic acids is 1. The molecule has 1 aliphatic rings. The van der Waals surface area contributed by atoms with Crippen molar-refractivity contribution in [2.75, 3.05) is 24.3 Å². The van der Waals surface area contributed by atoms with E-state index in [1.54, 1.807) is 0 Å². The number of hydrogen-bond acceptors (Lipinski definition) is 6. The quantitative estimate of drug-likeness (QED) is 0.453. The predicted molar refractivity (Wildman–Crippen MR) is 79.7 cm³/mol. The minimum absolute atomic E-state index is 0.0477. The zero-order valence-electron chi connectivity index (χ0n) is 11.6. The standard InChI is InChI=1S/C12H13ClN2O6S/c1-21-11-5-9(15(17)18)2-3-10(11)14-6-8(4-12(14)16)7-22(13,19)20/h2-3,5,8H,4,6-7H2,1H3. The number of rotatable bonds is 5. The zero-order chi connectivity index (χ0) is 16.5. The van der Waals surface area contributed by atoms with E-state index in [4.69, 9.17) is 15.4 Å². The molecule has 1 fully saturated rings. The van der Waals surface area contributed by atoms with Crippen LogP contribution < -0.4 is 9.64 Å². The van der Waals surface area contributed by atoms with Crippen LogP contribution >= 0.6 is 10.7 Å². The molecule has 2 rings (SSSR count). The average molecular weight is 349 g/mol. The third-order valence-electron chi connectivity index (χ3n) is 3.30. The summed E-state index contributed by atoms with van der Waals surface area (Å²) in [4.78, 5) is 23.6. The van der Waals surface area contributed by atoms with E-state index in [2.05, 4.69) is 0 Å². The number of amides is 1. The molecule has 22 heavy (non-hydrogen) atoms. The summed E-state index contributed by atoms with van der Waals surface area (Å²) in [5.41, 5.74) is 0.208. The second kappa shape index (κ2) is 6.09. The third-order valence-corrected chi connectivity index (χ3v) is 4.55. The van der Waals surface area contributed by atoms with E-state index < -0.39 is 19.9 Å². The summed E-state index contributed by atoms with van der Waals surface area (Å²) in [5, 5.41) is 10.8. The van der Waals surface area contributed by atoms with Crippen molar-refractivity contribution in [1.82, 2.24) is 0 Å². The minimum atomic E-state index is -3.70. The van der Waals surface area contributed by atoms with E-state index >= 15 is 0 Å². The molecule has 1 unspecified atom stereocenters. The lowest BCUT2D eigenvalue weighted by molar-refractivity contribution is -0.384. The Labute approximate surface area is 131 Å². The molecule has 1 amide bonds. The maximum absolute atomic E-state index is 12.1. The number of halogens is 1. The summed E-state index contributed by atoms with van der Waals surface area (Å²) in [6.07, 6.45) is 0.0477. The average Bonchev–Trinajstić information content (AvgIpc) is 2.76. The molecule has 1 saturated heterocycles. The zero-order valence-corrected chi connectivity index (χ0v) is 13.1. The van der Waals surface area contributed by atoms with Gasteiger partial charge in [0, 0.05) is 35.6 Å². The van der Waals surface area contributed by atoms with Crippen LogP contribution in [0.15, 0.2) is 18.2 Å². The highest BCUT2D eigenvalue weighted by Gasteiger charge is 2.34. The fraction of sp³-hybridized carbons (Fsp3) is 0.417. The first-order valence-corrected chi connectivity index (χ1v) is 8.74. The van der Waals surface area contributed by atoms with E-state index in [1.165, 1.54) is 30.2 Å². The van der Waals surface area contributed by atoms with Crippen LogP contribution in [-0.2, 0) is 13.8 Å². The van der Waals surface area contributed by atoms with Crippen molar-refractivity contribution in [3.63, 3.8) is 0 Å². The molecule has 0 spiro atoms. The van der Waals surface area contributed by atoms with Gasteiger partial charge >= 0.3 is 0 Å². The molecule has 1 atom stereocenters. The van der Waals surface area contributed by atoms with Gasteiger partial charge in [0.2, 0.25) is 15.0 Å². The summed E-state index contributed by atoms with van der Waals surface area (Å²) in [6.45, 7) is 0.166. The van der Waals surface area contributed by atoms with Gasteiger partial charge in [-0.2, -0.15) is 0 Å². The number of nitro benzene ring substituents is 1. The fourth-order valence-corrected chi connectivity index (χ4v) is 3.73. The first-order chi connectivity index (χ1) is 10.2. The molecular weight excluding hydrogens is 336 g/mol. The number of methoxy groups -OCH3 is 1. The Morgan fingerprint density at radius 2 is 2.18 bits per heavy atom. The van der Waals surface area contributed by atoms with Crippen molar-refractivity contribution in [2.45, 2.75) is 6.42 Å². The van der Waals surface area contributed by atoms with E-state index in [-0.39, 0.29) is 36.1 Å². The van der Waals surface area contributed by atoms with Gasteiger partial charge in [-0.25, -0.2) is 8.42 Å². The van der Waals surface area contributed by atoms with Crippen molar-refractivity contribution in [2.24, 2.45) is 5.92 Å². The third kappa shape index (κ3) is 3.66. The molecule has 1 aromatic carbocycles. The lowest BCUT2D eigenvalue weighted by Crippen LogP contribution is -2.25. The molecule has 1 aromatic rings. The summed E-state index contributed by atoms with van der Waals surface area (Å²) in [7, 11) is 2.85. The molecule has 0 aliphatic carbocycles. The van der Waals surface area contributed by atoms with Crippen LogP contribution in [-0.4, -0.2) is 38.7 Å². The Morgan fingerprint density at radius 3 is 2.73 bits per heavy atom. The first kappa shape index (κ1) is 16.5. The van der Waals surface area contributed by atoms with Crippen molar-refractivity contribution < 1.29 is 22.9 Å². The number of anilines is 1. The van der Waals surface area contributed by atoms with Gasteiger partial charge in [0.1, 0.15) is 5.75 Å². The number of non-ortho nitro benzene ring substituents is 1. The lowest BCUT2D eigenvalue weighted by atomic mass is 10.1. The Kier molecular flexibility index (Phi) is 4.57. The monoisotopic (exact) mass is 348 g/mol. The molecule has 0 saturated carbocycles. The second-order valence-corrected chi connectivity index (χ2v) is 7.71. The van der Waals surface area contributed by atoms with Gasteiger partial charge in [-0.1, -0.05) is 0 Å². The van der Waals surface area contributed by atoms with Crippen molar-refractivity contribution in [1.29, 1.82) is 0 Å². The topological polar surface area (TPSA) is 107 Å². The van der Waals surface area contributed by atoms with Gasteiger partial charge in [0.15, 0.2) is 0 Å². The van der Waals surface area contributed by atoms with Gasteiger partial charge in [-0.15, -0.1) is 0 Å². The molecular formula is C12H13ClN2O6S. The normalized spacial score (nSPS) is 18.5. The molecule has 1 aliphatic heterocycles. The molecule has 8 nitrogen and oxygen atoms in total. The number of benzene rings is 1. The van der Waals surface area contributed by atoms with E-state index in [1.807, 2.05) is 0 Å². The SMILES string of the molecule is COc1cc([N+](=O)[O-])ccc1N1CC(CS(=O)(=O)Cl)CC1=O. The second-order valence-electron chi connectivity index (χ2n) is 4.89. The van der Waals surface area contributed by atoms with Crippen LogP contribution in [0.3, 0.4) is 0 Å². The van der Waals surface area contributed by atoms with Gasteiger partial charge in [0.25, 0.3) is 5.69 Å². The summed E-state index contributed by atoms with van der Waals surface area (Å²) >= 11 is 0. The fourth-order valence-electron chi connectivity index (χ4n) is 2.41. The number of nitrogens with zero attached hydrogens (tertiary/aromatic N) is 2. The van der Waals surface area contributed by atoms with Gasteiger partial charge in [-0.05, 0) is 6.07 Å². The summed E-state index contributed by atoms with van der Waals surface area (Å²) in [5.74, 6) is -0.823.